The van der Waals surface area contributed by atoms with Crippen LogP contribution in [0.2, 0.25) is 0 Å². The molecule has 1 heterocycles. The van der Waals surface area contributed by atoms with Gasteiger partial charge in [0.2, 0.25) is 10.0 Å². The van der Waals surface area contributed by atoms with Crippen LogP contribution < -0.4 is 14.8 Å². The molecule has 0 fully saturated rings. The maximum atomic E-state index is 12.9. The summed E-state index contributed by atoms with van der Waals surface area (Å²) in [5.74, 6) is 0.837. The number of nitrogens with zero attached hydrogens (tertiary/aromatic N) is 1. The molecule has 32 heavy (non-hydrogen) atoms. The van der Waals surface area contributed by atoms with Crippen LogP contribution >= 0.6 is 0 Å². The number of hydrogen-bond acceptors (Lipinski definition) is 5. The number of rotatable bonds is 6. The molecule has 0 spiro atoms. The van der Waals surface area contributed by atoms with Crippen molar-refractivity contribution in [2.45, 2.75) is 17.9 Å². The molecule has 1 aliphatic rings. The third kappa shape index (κ3) is 4.92. The molecule has 8 heteroatoms. The lowest BCUT2D eigenvalue weighted by molar-refractivity contribution is 0.102. The Morgan fingerprint density at radius 2 is 1.62 bits per heavy atom. The minimum absolute atomic E-state index is 0.157. The quantitative estimate of drug-likeness (QED) is 0.613. The summed E-state index contributed by atoms with van der Waals surface area (Å²) in [5, 5.41) is 2.78. The summed E-state index contributed by atoms with van der Waals surface area (Å²) in [4.78, 5) is 12.8. The van der Waals surface area contributed by atoms with Crippen molar-refractivity contribution >= 4 is 21.6 Å². The van der Waals surface area contributed by atoms with Gasteiger partial charge in [-0.15, -0.1) is 0 Å². The van der Waals surface area contributed by atoms with Crippen LogP contribution in [0.15, 0.2) is 77.7 Å². The van der Waals surface area contributed by atoms with E-state index in [1.165, 1.54) is 16.4 Å². The molecule has 1 amide bonds. The molecule has 3 aromatic carbocycles. The minimum atomic E-state index is -3.66. The number of ether oxygens (including phenoxy) is 2. The highest BCUT2D eigenvalue weighted by Crippen LogP contribution is 2.30. The third-order valence-electron chi connectivity index (χ3n) is 5.08. The predicted octanol–water partition coefficient (Wildman–Crippen LogP) is 3.92. The van der Waals surface area contributed by atoms with E-state index in [9.17, 15) is 13.2 Å². The van der Waals surface area contributed by atoms with Crippen LogP contribution in [0.3, 0.4) is 0 Å². The number of carbonyl (C=O) groups is 1. The van der Waals surface area contributed by atoms with Crippen molar-refractivity contribution in [3.05, 3.63) is 83.9 Å². The third-order valence-corrected chi connectivity index (χ3v) is 6.90. The lowest BCUT2D eigenvalue weighted by Crippen LogP contribution is -2.26. The molecule has 166 valence electrons. The summed E-state index contributed by atoms with van der Waals surface area (Å²) in [6.07, 6.45) is 0.784. The van der Waals surface area contributed by atoms with E-state index in [2.05, 4.69) is 5.32 Å². The molecule has 0 atom stereocenters. The monoisotopic (exact) mass is 452 g/mol. The molecule has 7 nitrogen and oxygen atoms in total. The van der Waals surface area contributed by atoms with Gasteiger partial charge in [-0.2, -0.15) is 4.31 Å². The highest BCUT2D eigenvalue weighted by atomic mass is 32.2. The largest absolute Gasteiger partial charge is 0.490 e. The number of nitrogens with one attached hydrogen (secondary N) is 1. The van der Waals surface area contributed by atoms with Crippen LogP contribution in [0, 0.1) is 0 Å². The van der Waals surface area contributed by atoms with Crippen LogP contribution in [0.25, 0.3) is 0 Å². The molecular weight excluding hydrogens is 428 g/mol. The van der Waals surface area contributed by atoms with Gasteiger partial charge in [-0.3, -0.25) is 4.79 Å². The van der Waals surface area contributed by atoms with E-state index in [1.54, 1.807) is 37.4 Å². The first-order chi connectivity index (χ1) is 15.4. The number of fused-ring (bicyclic) bond motifs is 1. The zero-order valence-corrected chi connectivity index (χ0v) is 18.5. The standard InChI is InChI=1S/C24H24N2O5S/c1-26(17-18-6-3-2-4-7-18)32(28,29)21-11-9-20(10-12-21)25-24(27)19-8-13-22-23(16-19)31-15-5-14-30-22/h2-4,6-13,16H,5,14-15,17H2,1H3,(H,25,27). The van der Waals surface area contributed by atoms with Gasteiger partial charge in [-0.05, 0) is 48.0 Å². The Kier molecular flexibility index (Phi) is 6.43. The minimum Gasteiger partial charge on any atom is -0.490 e. The SMILES string of the molecule is CN(Cc1ccccc1)S(=O)(=O)c1ccc(NC(=O)c2ccc3c(c2)OCCCO3)cc1. The maximum absolute atomic E-state index is 12.9. The summed E-state index contributed by atoms with van der Waals surface area (Å²) < 4.78 is 38.3. The fourth-order valence-corrected chi connectivity index (χ4v) is 4.48. The molecule has 0 aliphatic carbocycles. The summed E-state index contributed by atoms with van der Waals surface area (Å²) in [5.41, 5.74) is 1.82. The fraction of sp³-hybridized carbons (Fsp3) is 0.208. The van der Waals surface area contributed by atoms with Gasteiger partial charge >= 0.3 is 0 Å². The van der Waals surface area contributed by atoms with E-state index in [0.717, 1.165) is 12.0 Å². The molecule has 1 N–H and O–H groups in total. The zero-order valence-electron chi connectivity index (χ0n) is 17.7. The van der Waals surface area contributed by atoms with Crippen LogP contribution in [-0.2, 0) is 16.6 Å². The smallest absolute Gasteiger partial charge is 0.255 e. The van der Waals surface area contributed by atoms with Gasteiger partial charge in [0, 0.05) is 31.3 Å². The second-order valence-corrected chi connectivity index (χ2v) is 9.48. The highest BCUT2D eigenvalue weighted by molar-refractivity contribution is 7.89. The predicted molar refractivity (Wildman–Crippen MR) is 122 cm³/mol. The van der Waals surface area contributed by atoms with Crippen molar-refractivity contribution in [2.75, 3.05) is 25.6 Å². The first kappa shape index (κ1) is 21.9. The van der Waals surface area contributed by atoms with E-state index in [0.29, 0.717) is 36.0 Å². The molecule has 0 aromatic heterocycles. The first-order valence-corrected chi connectivity index (χ1v) is 11.7. The number of carbonyl (C=O) groups excluding carboxylic acids is 1. The molecule has 0 radical (unpaired) electrons. The average Bonchev–Trinajstić information content (AvgIpc) is 3.05. The molecule has 4 rings (SSSR count). The topological polar surface area (TPSA) is 84.9 Å². The second kappa shape index (κ2) is 9.42. The van der Waals surface area contributed by atoms with Crippen molar-refractivity contribution < 1.29 is 22.7 Å². The van der Waals surface area contributed by atoms with Gasteiger partial charge in [0.05, 0.1) is 18.1 Å². The number of amides is 1. The van der Waals surface area contributed by atoms with E-state index >= 15 is 0 Å². The Morgan fingerprint density at radius 1 is 0.938 bits per heavy atom. The first-order valence-electron chi connectivity index (χ1n) is 10.2. The van der Waals surface area contributed by atoms with E-state index in [-0.39, 0.29) is 17.3 Å². The zero-order chi connectivity index (χ0) is 22.6. The summed E-state index contributed by atoms with van der Waals surface area (Å²) in [6.45, 7) is 1.38. The van der Waals surface area contributed by atoms with Crippen molar-refractivity contribution in [2.24, 2.45) is 0 Å². The van der Waals surface area contributed by atoms with Crippen molar-refractivity contribution in [1.82, 2.24) is 4.31 Å². The Hall–Kier alpha value is -3.36. The molecule has 1 aliphatic heterocycles. The van der Waals surface area contributed by atoms with E-state index in [1.807, 2.05) is 30.3 Å². The van der Waals surface area contributed by atoms with Crippen molar-refractivity contribution in [3.8, 4) is 11.5 Å². The molecule has 0 bridgehead atoms. The number of anilines is 1. The lowest BCUT2D eigenvalue weighted by Gasteiger charge is -2.17. The van der Waals surface area contributed by atoms with Gasteiger partial charge in [0.1, 0.15) is 0 Å². The van der Waals surface area contributed by atoms with Crippen LogP contribution in [0.4, 0.5) is 5.69 Å². The Bertz CT molecular complexity index is 1190. The molecular formula is C24H24N2O5S. The number of benzene rings is 3. The Morgan fingerprint density at radius 3 is 2.34 bits per heavy atom. The normalized spacial score (nSPS) is 13.4. The average molecular weight is 453 g/mol. The Balaban J connectivity index is 1.44. The van der Waals surface area contributed by atoms with Gasteiger partial charge in [0.25, 0.3) is 5.91 Å². The summed E-state index contributed by atoms with van der Waals surface area (Å²) in [6, 6.07) is 20.5. The van der Waals surface area contributed by atoms with Gasteiger partial charge in [-0.1, -0.05) is 30.3 Å². The second-order valence-electron chi connectivity index (χ2n) is 7.44. The summed E-state index contributed by atoms with van der Waals surface area (Å²) >= 11 is 0. The van der Waals surface area contributed by atoms with Crippen LogP contribution in [-0.4, -0.2) is 38.9 Å². The lowest BCUT2D eigenvalue weighted by atomic mass is 10.2. The van der Waals surface area contributed by atoms with Gasteiger partial charge in [0.15, 0.2) is 11.5 Å². The van der Waals surface area contributed by atoms with Gasteiger partial charge < -0.3 is 14.8 Å². The molecule has 0 saturated heterocycles. The highest BCUT2D eigenvalue weighted by Gasteiger charge is 2.21. The van der Waals surface area contributed by atoms with E-state index in [4.69, 9.17) is 9.47 Å². The molecule has 0 unspecified atom stereocenters. The number of sulfonamides is 1. The number of hydrogen-bond donors (Lipinski definition) is 1. The summed E-state index contributed by atoms with van der Waals surface area (Å²) in [7, 11) is -2.11. The van der Waals surface area contributed by atoms with Crippen LogP contribution in [0.1, 0.15) is 22.3 Å². The van der Waals surface area contributed by atoms with Crippen molar-refractivity contribution in [3.63, 3.8) is 0 Å². The maximum Gasteiger partial charge on any atom is 0.255 e. The van der Waals surface area contributed by atoms with Crippen LogP contribution in [0.5, 0.6) is 11.5 Å². The van der Waals surface area contributed by atoms with Gasteiger partial charge in [-0.25, -0.2) is 8.42 Å². The van der Waals surface area contributed by atoms with Crippen molar-refractivity contribution in [1.29, 1.82) is 0 Å². The Labute approximate surface area is 187 Å². The fourth-order valence-electron chi connectivity index (χ4n) is 3.32. The van der Waals surface area contributed by atoms with E-state index < -0.39 is 10.0 Å². The molecule has 0 saturated carbocycles. The molecule has 3 aromatic rings.